The summed E-state index contributed by atoms with van der Waals surface area (Å²) in [5.74, 6) is 0.785. The molecule has 4 N–H and O–H groups in total. The maximum absolute atomic E-state index is 12.9. The van der Waals surface area contributed by atoms with E-state index in [9.17, 15) is 21.6 Å². The molecule has 9 nitrogen and oxygen atoms in total. The molecule has 296 valence electrons. The lowest BCUT2D eigenvalue weighted by Crippen LogP contribution is -2.38. The van der Waals surface area contributed by atoms with Crippen LogP contribution in [0.2, 0.25) is 0 Å². The normalized spacial score (nSPS) is 16.7. The fourth-order valence-electron chi connectivity index (χ4n) is 7.25. The van der Waals surface area contributed by atoms with Crippen LogP contribution < -0.4 is 20.1 Å². The number of benzene rings is 4. The van der Waals surface area contributed by atoms with Gasteiger partial charge in [0, 0.05) is 18.5 Å². The van der Waals surface area contributed by atoms with E-state index >= 15 is 0 Å². The molecular weight excluding hydrogens is 729 g/mol. The fraction of sp³-hybridized carbons (Fsp3) is 0.432. The molecule has 11 heteroatoms. The number of hydrogen-bond donors (Lipinski definition) is 4. The molecule has 2 atom stereocenters. The molecule has 0 unspecified atom stereocenters. The van der Waals surface area contributed by atoms with Crippen LogP contribution in [-0.2, 0) is 50.5 Å². The molecule has 0 saturated heterocycles. The Hall–Kier alpha value is -4.19. The predicted octanol–water partition coefficient (Wildman–Crippen LogP) is 8.46. The molecule has 2 aliphatic rings. The highest BCUT2D eigenvalue weighted by Gasteiger charge is 2.25. The lowest BCUT2D eigenvalue weighted by Gasteiger charge is -2.27. The molecule has 4 aromatic rings. The second-order valence-corrected chi connectivity index (χ2v) is 18.7. The molecule has 0 aliphatic heterocycles. The highest BCUT2D eigenvalue weighted by atomic mass is 32.2. The number of rotatable bonds is 13. The van der Waals surface area contributed by atoms with Crippen LogP contribution in [0.25, 0.3) is 0 Å². The molecule has 0 aromatic heterocycles. The molecule has 0 heterocycles. The maximum Gasteiger partial charge on any atom is 0.261 e. The molecule has 4 aromatic carbocycles. The number of carbonyl (C=O) groups is 1. The van der Waals surface area contributed by atoms with E-state index in [1.54, 1.807) is 24.3 Å². The number of nitrogens with one attached hydrogen (secondary N) is 4. The van der Waals surface area contributed by atoms with Crippen LogP contribution in [0.3, 0.4) is 0 Å². The van der Waals surface area contributed by atoms with E-state index in [2.05, 4.69) is 60.8 Å². The first-order valence-electron chi connectivity index (χ1n) is 19.7. The quantitative estimate of drug-likeness (QED) is 0.108. The standard InChI is InChI=1S/C22H28N2O3S.C22H30N2O2S/c1-4-22(25)23-18-10-13-20-17(14-18)6-5-7-21(20)24-28(26,27)19-11-8-16(9-12-19)15(2)3;1-4-14-23-19-10-13-21-18(15-19)6-5-7-22(21)24-27(25,26)20-11-8-17(9-12-20)16(2)3/h5-9,11-12,15,18,24H,4,10,13-14H2,1-3H3,(H,23,25);5-9,11-12,16,19,23-24H,4,10,13-15H2,1-3H3/t18-;19-/m11/s1. The first kappa shape index (κ1) is 42.0. The van der Waals surface area contributed by atoms with E-state index in [0.717, 1.165) is 85.0 Å². The molecule has 0 fully saturated rings. The summed E-state index contributed by atoms with van der Waals surface area (Å²) in [6.45, 7) is 13.4. The van der Waals surface area contributed by atoms with Crippen molar-refractivity contribution in [1.29, 1.82) is 0 Å². The maximum atomic E-state index is 12.9. The van der Waals surface area contributed by atoms with Crippen molar-refractivity contribution in [2.45, 2.75) is 127 Å². The average molecular weight is 787 g/mol. The van der Waals surface area contributed by atoms with Crippen LogP contribution in [0, 0.1) is 0 Å². The summed E-state index contributed by atoms with van der Waals surface area (Å²) in [5, 5.41) is 6.62. The lowest BCUT2D eigenvalue weighted by atomic mass is 9.87. The Morgan fingerprint density at radius 3 is 1.49 bits per heavy atom. The number of sulfonamides is 2. The number of anilines is 2. The Labute approximate surface area is 329 Å². The van der Waals surface area contributed by atoms with Gasteiger partial charge in [0.15, 0.2) is 0 Å². The minimum atomic E-state index is -3.65. The van der Waals surface area contributed by atoms with Crippen molar-refractivity contribution >= 4 is 37.3 Å². The van der Waals surface area contributed by atoms with Crippen molar-refractivity contribution in [3.8, 4) is 0 Å². The molecule has 6 rings (SSSR count). The van der Waals surface area contributed by atoms with Crippen LogP contribution in [0.1, 0.15) is 112 Å². The zero-order valence-electron chi connectivity index (χ0n) is 33.1. The summed E-state index contributed by atoms with van der Waals surface area (Å²) in [4.78, 5) is 12.2. The van der Waals surface area contributed by atoms with Crippen molar-refractivity contribution in [2.75, 3.05) is 16.0 Å². The highest BCUT2D eigenvalue weighted by molar-refractivity contribution is 7.93. The number of fused-ring (bicyclic) bond motifs is 2. The van der Waals surface area contributed by atoms with Crippen molar-refractivity contribution in [2.24, 2.45) is 0 Å². The van der Waals surface area contributed by atoms with Gasteiger partial charge >= 0.3 is 0 Å². The monoisotopic (exact) mass is 786 g/mol. The topological polar surface area (TPSA) is 133 Å². The smallest absolute Gasteiger partial charge is 0.261 e. The Morgan fingerprint density at radius 2 is 1.07 bits per heavy atom. The number of carbonyl (C=O) groups excluding carboxylic acids is 1. The van der Waals surface area contributed by atoms with Crippen molar-refractivity contribution in [1.82, 2.24) is 10.6 Å². The molecule has 0 saturated carbocycles. The zero-order chi connectivity index (χ0) is 39.8. The third-order valence-electron chi connectivity index (χ3n) is 10.5. The Kier molecular flexibility index (Phi) is 14.2. The second kappa shape index (κ2) is 18.6. The number of hydrogen-bond acceptors (Lipinski definition) is 6. The molecule has 55 heavy (non-hydrogen) atoms. The Balaban J connectivity index is 0.000000211. The summed E-state index contributed by atoms with van der Waals surface area (Å²) in [7, 11) is -7.23. The van der Waals surface area contributed by atoms with Gasteiger partial charge in [-0.05, 0) is 133 Å². The van der Waals surface area contributed by atoms with Gasteiger partial charge in [-0.1, -0.05) is 90.1 Å². The second-order valence-electron chi connectivity index (χ2n) is 15.3. The van der Waals surface area contributed by atoms with Crippen LogP contribution >= 0.6 is 0 Å². The third kappa shape index (κ3) is 11.0. The van der Waals surface area contributed by atoms with Crippen molar-refractivity contribution < 1.29 is 21.6 Å². The first-order valence-corrected chi connectivity index (χ1v) is 22.7. The van der Waals surface area contributed by atoms with Gasteiger partial charge < -0.3 is 10.6 Å². The van der Waals surface area contributed by atoms with Gasteiger partial charge in [0.1, 0.15) is 0 Å². The molecular formula is C44H58N4O5S2. The van der Waals surface area contributed by atoms with Crippen LogP contribution in [0.4, 0.5) is 11.4 Å². The number of amides is 1. The van der Waals surface area contributed by atoms with E-state index < -0.39 is 20.0 Å². The van der Waals surface area contributed by atoms with E-state index in [4.69, 9.17) is 0 Å². The van der Waals surface area contributed by atoms with Gasteiger partial charge in [-0.2, -0.15) is 0 Å². The molecule has 2 aliphatic carbocycles. The Bertz CT molecular complexity index is 2130. The van der Waals surface area contributed by atoms with E-state index in [1.165, 1.54) is 5.56 Å². The van der Waals surface area contributed by atoms with Gasteiger partial charge in [-0.15, -0.1) is 0 Å². The minimum absolute atomic E-state index is 0.0511. The average Bonchev–Trinajstić information content (AvgIpc) is 3.17. The van der Waals surface area contributed by atoms with Crippen LogP contribution in [-0.4, -0.2) is 41.4 Å². The van der Waals surface area contributed by atoms with Crippen molar-refractivity contribution in [3.63, 3.8) is 0 Å². The summed E-state index contributed by atoms with van der Waals surface area (Å²) >= 11 is 0. The van der Waals surface area contributed by atoms with Gasteiger partial charge in [0.05, 0.1) is 21.2 Å². The summed E-state index contributed by atoms with van der Waals surface area (Å²) in [5.41, 5.74) is 8.07. The molecule has 0 radical (unpaired) electrons. The largest absolute Gasteiger partial charge is 0.353 e. The van der Waals surface area contributed by atoms with Gasteiger partial charge in [-0.3, -0.25) is 14.2 Å². The first-order chi connectivity index (χ1) is 26.2. The minimum Gasteiger partial charge on any atom is -0.353 e. The van der Waals surface area contributed by atoms with Crippen molar-refractivity contribution in [3.05, 3.63) is 118 Å². The van der Waals surface area contributed by atoms with E-state index in [0.29, 0.717) is 34.9 Å². The third-order valence-corrected chi connectivity index (χ3v) is 13.3. The van der Waals surface area contributed by atoms with E-state index in [1.807, 2.05) is 61.5 Å². The summed E-state index contributed by atoms with van der Waals surface area (Å²) < 4.78 is 57.0. The molecule has 1 amide bonds. The summed E-state index contributed by atoms with van der Waals surface area (Å²) in [6.07, 6.45) is 6.73. The zero-order valence-corrected chi connectivity index (χ0v) is 34.7. The van der Waals surface area contributed by atoms with Gasteiger partial charge in [-0.25, -0.2) is 16.8 Å². The Morgan fingerprint density at radius 1 is 0.636 bits per heavy atom. The summed E-state index contributed by atoms with van der Waals surface area (Å²) in [6, 6.07) is 26.4. The van der Waals surface area contributed by atoms with E-state index in [-0.39, 0.29) is 16.8 Å². The highest BCUT2D eigenvalue weighted by Crippen LogP contribution is 2.32. The lowest BCUT2D eigenvalue weighted by molar-refractivity contribution is -0.121. The predicted molar refractivity (Wildman–Crippen MR) is 224 cm³/mol. The van der Waals surface area contributed by atoms with Crippen LogP contribution in [0.15, 0.2) is 94.7 Å². The molecule has 0 bridgehead atoms. The van der Waals surface area contributed by atoms with Gasteiger partial charge in [0.2, 0.25) is 5.91 Å². The van der Waals surface area contributed by atoms with Gasteiger partial charge in [0.25, 0.3) is 20.0 Å². The van der Waals surface area contributed by atoms with Crippen LogP contribution in [0.5, 0.6) is 0 Å². The SMILES string of the molecule is CCC(=O)N[C@@H]1CCc2c(cccc2NS(=O)(=O)c2ccc(C(C)C)cc2)C1.CCCN[C@@H]1CCc2c(cccc2NS(=O)(=O)c2ccc(C(C)C)cc2)C1. The molecule has 0 spiro atoms. The fourth-order valence-corrected chi connectivity index (χ4v) is 9.44.